The van der Waals surface area contributed by atoms with Crippen LogP contribution >= 0.6 is 11.3 Å². The lowest BCUT2D eigenvalue weighted by molar-refractivity contribution is 0.600. The van der Waals surface area contributed by atoms with Crippen LogP contribution in [-0.2, 0) is 22.9 Å². The third kappa shape index (κ3) is 3.59. The lowest BCUT2D eigenvalue weighted by atomic mass is 10.0. The summed E-state index contributed by atoms with van der Waals surface area (Å²) in [6.45, 7) is 4.24. The molecule has 0 spiro atoms. The van der Waals surface area contributed by atoms with E-state index in [0.717, 1.165) is 35.5 Å². The van der Waals surface area contributed by atoms with Crippen molar-refractivity contribution in [3.05, 3.63) is 59.0 Å². The Balaban J connectivity index is 1.69. The Kier molecular flexibility index (Phi) is 4.70. The van der Waals surface area contributed by atoms with E-state index in [4.69, 9.17) is 5.14 Å². The molecule has 1 atom stereocenters. The van der Waals surface area contributed by atoms with Crippen molar-refractivity contribution in [2.75, 3.05) is 0 Å². The molecular formula is C20H23N3O2S2. The fourth-order valence-electron chi connectivity index (χ4n) is 3.78. The van der Waals surface area contributed by atoms with Gasteiger partial charge in [0.2, 0.25) is 10.0 Å². The molecule has 1 aliphatic rings. The predicted octanol–water partition coefficient (Wildman–Crippen LogP) is 3.99. The molecule has 2 aromatic heterocycles. The Morgan fingerprint density at radius 1 is 1.30 bits per heavy atom. The van der Waals surface area contributed by atoms with Crippen molar-refractivity contribution in [1.82, 2.24) is 9.55 Å². The topological polar surface area (TPSA) is 78.0 Å². The van der Waals surface area contributed by atoms with E-state index in [1.165, 1.54) is 16.9 Å². The molecule has 0 radical (unpaired) electrons. The molecule has 0 saturated carbocycles. The number of aryl methyl sites for hydroxylation is 1. The minimum absolute atomic E-state index is 0.253. The SMILES string of the molecule is CC(C)Cc1cc(-c2ccc([C@H]3CCc4nccn43)cc2)c(S(N)(=O)=O)s1. The van der Waals surface area contributed by atoms with Crippen molar-refractivity contribution in [1.29, 1.82) is 0 Å². The lowest BCUT2D eigenvalue weighted by Crippen LogP contribution is -2.11. The van der Waals surface area contributed by atoms with Gasteiger partial charge in [0.05, 0.1) is 6.04 Å². The first-order valence-electron chi connectivity index (χ1n) is 9.10. The van der Waals surface area contributed by atoms with E-state index in [2.05, 4.69) is 35.5 Å². The molecule has 0 amide bonds. The van der Waals surface area contributed by atoms with Gasteiger partial charge in [0.1, 0.15) is 10.0 Å². The molecule has 3 aromatic rings. The summed E-state index contributed by atoms with van der Waals surface area (Å²) in [5, 5.41) is 5.48. The number of sulfonamides is 1. The zero-order chi connectivity index (χ0) is 19.2. The van der Waals surface area contributed by atoms with Crippen molar-refractivity contribution < 1.29 is 8.42 Å². The number of aromatic nitrogens is 2. The van der Waals surface area contributed by atoms with Gasteiger partial charge >= 0.3 is 0 Å². The molecule has 0 fully saturated rings. The quantitative estimate of drug-likeness (QED) is 0.702. The third-order valence-corrected chi connectivity index (χ3v) is 7.59. The number of rotatable bonds is 5. The Hall–Kier alpha value is -1.96. The fraction of sp³-hybridized carbons (Fsp3) is 0.350. The Bertz CT molecular complexity index is 1060. The van der Waals surface area contributed by atoms with Gasteiger partial charge in [0, 0.05) is 29.3 Å². The second-order valence-electron chi connectivity index (χ2n) is 7.48. The summed E-state index contributed by atoms with van der Waals surface area (Å²) < 4.78 is 26.6. The molecule has 2 N–H and O–H groups in total. The summed E-state index contributed by atoms with van der Waals surface area (Å²) in [4.78, 5) is 5.43. The first-order valence-corrected chi connectivity index (χ1v) is 11.5. The summed E-state index contributed by atoms with van der Waals surface area (Å²) in [6, 6.07) is 10.4. The van der Waals surface area contributed by atoms with Crippen molar-refractivity contribution in [3.8, 4) is 11.1 Å². The van der Waals surface area contributed by atoms with Gasteiger partial charge in [0.25, 0.3) is 0 Å². The average Bonchev–Trinajstić information content (AvgIpc) is 3.28. The van der Waals surface area contributed by atoms with Crippen LogP contribution in [0.2, 0.25) is 0 Å². The van der Waals surface area contributed by atoms with Crippen LogP contribution in [0.1, 0.15) is 42.6 Å². The van der Waals surface area contributed by atoms with E-state index in [9.17, 15) is 8.42 Å². The van der Waals surface area contributed by atoms with E-state index in [-0.39, 0.29) is 4.21 Å². The first kappa shape index (κ1) is 18.4. The largest absolute Gasteiger partial charge is 0.327 e. The maximum Gasteiger partial charge on any atom is 0.248 e. The molecule has 7 heteroatoms. The van der Waals surface area contributed by atoms with E-state index < -0.39 is 10.0 Å². The number of thiophene rings is 1. The maximum atomic E-state index is 12.1. The highest BCUT2D eigenvalue weighted by Crippen LogP contribution is 2.37. The minimum atomic E-state index is -3.75. The zero-order valence-electron chi connectivity index (χ0n) is 15.4. The maximum absolute atomic E-state index is 12.1. The highest BCUT2D eigenvalue weighted by Gasteiger charge is 2.24. The van der Waals surface area contributed by atoms with Crippen molar-refractivity contribution in [3.63, 3.8) is 0 Å². The van der Waals surface area contributed by atoms with Gasteiger partial charge < -0.3 is 4.57 Å². The van der Waals surface area contributed by atoms with Gasteiger partial charge in [-0.1, -0.05) is 38.1 Å². The number of benzene rings is 1. The van der Waals surface area contributed by atoms with E-state index >= 15 is 0 Å². The number of nitrogens with zero attached hydrogens (tertiary/aromatic N) is 2. The first-order chi connectivity index (χ1) is 12.8. The second-order valence-corrected chi connectivity index (χ2v) is 10.4. The molecule has 1 aromatic carbocycles. The highest BCUT2D eigenvalue weighted by atomic mass is 32.2. The summed E-state index contributed by atoms with van der Waals surface area (Å²) in [5.41, 5.74) is 2.81. The van der Waals surface area contributed by atoms with Gasteiger partial charge in [-0.05, 0) is 36.0 Å². The monoisotopic (exact) mass is 401 g/mol. The van der Waals surface area contributed by atoms with Crippen LogP contribution in [0.25, 0.3) is 11.1 Å². The van der Waals surface area contributed by atoms with E-state index in [0.29, 0.717) is 17.5 Å². The van der Waals surface area contributed by atoms with Gasteiger partial charge in [-0.2, -0.15) is 0 Å². The third-order valence-electron chi connectivity index (χ3n) is 4.95. The second kappa shape index (κ2) is 6.89. The van der Waals surface area contributed by atoms with Crippen LogP contribution in [-0.4, -0.2) is 18.0 Å². The van der Waals surface area contributed by atoms with Crippen molar-refractivity contribution in [2.24, 2.45) is 11.1 Å². The molecule has 0 saturated heterocycles. The average molecular weight is 402 g/mol. The van der Waals surface area contributed by atoms with Crippen molar-refractivity contribution >= 4 is 21.4 Å². The number of imidazole rings is 1. The summed E-state index contributed by atoms with van der Waals surface area (Å²) in [7, 11) is -3.75. The van der Waals surface area contributed by atoms with Gasteiger partial charge in [-0.15, -0.1) is 11.3 Å². The lowest BCUT2D eigenvalue weighted by Gasteiger charge is -2.14. The van der Waals surface area contributed by atoms with E-state index in [1.54, 1.807) is 0 Å². The number of hydrogen-bond donors (Lipinski definition) is 1. The van der Waals surface area contributed by atoms with Crippen LogP contribution in [0.15, 0.2) is 46.9 Å². The Morgan fingerprint density at radius 2 is 2.04 bits per heavy atom. The van der Waals surface area contributed by atoms with Gasteiger partial charge in [-0.3, -0.25) is 0 Å². The van der Waals surface area contributed by atoms with Gasteiger partial charge in [0.15, 0.2) is 0 Å². The standard InChI is InChI=1S/C20H23N3O2S2/c1-13(2)11-16-12-17(20(26-16)27(21,24)25)14-3-5-15(6-4-14)18-7-8-19-22-9-10-23(18)19/h3-6,9-10,12-13,18H,7-8,11H2,1-2H3,(H2,21,24,25)/t18-/m1/s1. The van der Waals surface area contributed by atoms with Crippen LogP contribution in [0.3, 0.4) is 0 Å². The number of fused-ring (bicyclic) bond motifs is 1. The molecule has 4 rings (SSSR count). The molecule has 142 valence electrons. The molecule has 5 nitrogen and oxygen atoms in total. The molecule has 27 heavy (non-hydrogen) atoms. The highest BCUT2D eigenvalue weighted by molar-refractivity contribution is 7.91. The molecule has 1 aliphatic heterocycles. The van der Waals surface area contributed by atoms with Crippen molar-refractivity contribution in [2.45, 2.75) is 43.4 Å². The molecular weight excluding hydrogens is 378 g/mol. The summed E-state index contributed by atoms with van der Waals surface area (Å²) in [5.74, 6) is 1.58. The zero-order valence-corrected chi connectivity index (χ0v) is 17.1. The molecule has 3 heterocycles. The van der Waals surface area contributed by atoms with Crippen LogP contribution in [0.4, 0.5) is 0 Å². The smallest absolute Gasteiger partial charge is 0.248 e. The van der Waals surface area contributed by atoms with Crippen LogP contribution in [0.5, 0.6) is 0 Å². The molecule has 0 bridgehead atoms. The fourth-order valence-corrected chi connectivity index (χ4v) is 6.16. The molecule has 0 aliphatic carbocycles. The Labute approximate surface area is 163 Å². The van der Waals surface area contributed by atoms with Crippen LogP contribution in [0, 0.1) is 5.92 Å². The van der Waals surface area contributed by atoms with Gasteiger partial charge in [-0.25, -0.2) is 18.5 Å². The summed E-state index contributed by atoms with van der Waals surface area (Å²) in [6.07, 6.45) is 6.74. The van der Waals surface area contributed by atoms with E-state index in [1.807, 2.05) is 30.6 Å². The minimum Gasteiger partial charge on any atom is -0.327 e. The normalized spacial score (nSPS) is 16.8. The Morgan fingerprint density at radius 3 is 2.70 bits per heavy atom. The summed E-state index contributed by atoms with van der Waals surface area (Å²) >= 11 is 1.29. The number of primary sulfonamides is 1. The number of hydrogen-bond acceptors (Lipinski definition) is 4. The van der Waals surface area contributed by atoms with Crippen LogP contribution < -0.4 is 5.14 Å². The predicted molar refractivity (Wildman–Crippen MR) is 108 cm³/mol. The number of nitrogens with two attached hydrogens (primary N) is 1. The molecule has 0 unspecified atom stereocenters.